The summed E-state index contributed by atoms with van der Waals surface area (Å²) in [7, 11) is 1.40. The van der Waals surface area contributed by atoms with E-state index in [1.807, 2.05) is 19.1 Å². The van der Waals surface area contributed by atoms with Crippen LogP contribution in [-0.4, -0.2) is 57.4 Å². The molecule has 3 heterocycles. The van der Waals surface area contributed by atoms with E-state index in [1.165, 1.54) is 13.2 Å². The lowest BCUT2D eigenvalue weighted by molar-refractivity contribution is 0.0317. The summed E-state index contributed by atoms with van der Waals surface area (Å²) in [5.74, 6) is 1.51. The molecule has 0 N–H and O–H groups in total. The molecule has 1 saturated heterocycles. The first-order valence-corrected chi connectivity index (χ1v) is 9.22. The third-order valence-corrected chi connectivity index (χ3v) is 5.76. The van der Waals surface area contributed by atoms with Gasteiger partial charge < -0.3 is 9.30 Å². The highest BCUT2D eigenvalue weighted by Crippen LogP contribution is 2.37. The van der Waals surface area contributed by atoms with Crippen LogP contribution < -0.4 is 0 Å². The van der Waals surface area contributed by atoms with Crippen LogP contribution in [0.2, 0.25) is 0 Å². The molecule has 0 atom stereocenters. The van der Waals surface area contributed by atoms with Crippen molar-refractivity contribution >= 4 is 6.09 Å². The molecule has 1 fully saturated rings. The minimum absolute atomic E-state index is 0.163. The molecule has 2 aliphatic rings. The number of benzene rings is 1. The van der Waals surface area contributed by atoms with Crippen molar-refractivity contribution in [3.05, 3.63) is 47.3 Å². The molecular formula is C19H24FN5O2. The highest BCUT2D eigenvalue weighted by Gasteiger charge is 2.45. The predicted octanol–water partition coefficient (Wildman–Crippen LogP) is 2.30. The lowest BCUT2D eigenvalue weighted by Crippen LogP contribution is -2.57. The number of aryl methyl sites for hydroxylation is 1. The quantitative estimate of drug-likeness (QED) is 0.808. The Morgan fingerprint density at radius 3 is 2.70 bits per heavy atom. The summed E-state index contributed by atoms with van der Waals surface area (Å²) in [6, 6.07) is 6.92. The van der Waals surface area contributed by atoms with Crippen molar-refractivity contribution in [3.63, 3.8) is 0 Å². The first-order chi connectivity index (χ1) is 13.0. The maximum atomic E-state index is 14.0. The number of aromatic nitrogens is 3. The molecule has 144 valence electrons. The van der Waals surface area contributed by atoms with E-state index in [0.717, 1.165) is 43.1 Å². The Bertz CT molecular complexity index is 844. The van der Waals surface area contributed by atoms with Crippen molar-refractivity contribution in [1.29, 1.82) is 0 Å². The smallest absolute Gasteiger partial charge is 0.409 e. The fraction of sp³-hybridized carbons (Fsp3) is 0.526. The third-order valence-electron chi connectivity index (χ3n) is 5.76. The first kappa shape index (κ1) is 17.9. The summed E-state index contributed by atoms with van der Waals surface area (Å²) in [4.78, 5) is 16.1. The maximum absolute atomic E-state index is 14.0. The van der Waals surface area contributed by atoms with Crippen molar-refractivity contribution in [3.8, 4) is 0 Å². The first-order valence-electron chi connectivity index (χ1n) is 9.22. The van der Waals surface area contributed by atoms with Crippen LogP contribution in [0.4, 0.5) is 9.18 Å². The van der Waals surface area contributed by atoms with Gasteiger partial charge >= 0.3 is 6.09 Å². The summed E-state index contributed by atoms with van der Waals surface area (Å²) in [5, 5.41) is 8.51. The number of carbonyl (C=O) groups excluding carboxylic acids is 1. The van der Waals surface area contributed by atoms with Crippen molar-refractivity contribution in [2.45, 2.75) is 38.4 Å². The Morgan fingerprint density at radius 1 is 1.26 bits per heavy atom. The van der Waals surface area contributed by atoms with E-state index >= 15 is 0 Å². The predicted molar refractivity (Wildman–Crippen MR) is 96.5 cm³/mol. The molecule has 1 aromatic carbocycles. The van der Waals surface area contributed by atoms with E-state index in [-0.39, 0.29) is 17.4 Å². The molecule has 0 bridgehead atoms. The van der Waals surface area contributed by atoms with Crippen LogP contribution in [0.1, 0.15) is 30.1 Å². The van der Waals surface area contributed by atoms with Gasteiger partial charge in [-0.15, -0.1) is 10.2 Å². The summed E-state index contributed by atoms with van der Waals surface area (Å²) in [6.07, 6.45) is 1.36. The molecular weight excluding hydrogens is 349 g/mol. The summed E-state index contributed by atoms with van der Waals surface area (Å²) in [6.45, 7) is 5.18. The molecule has 0 radical (unpaired) electrons. The fourth-order valence-electron chi connectivity index (χ4n) is 4.41. The number of hydrogen-bond acceptors (Lipinski definition) is 5. The monoisotopic (exact) mass is 373 g/mol. The van der Waals surface area contributed by atoms with Gasteiger partial charge in [0.25, 0.3) is 0 Å². The lowest BCUT2D eigenvalue weighted by Gasteiger charge is -2.48. The molecule has 0 aliphatic carbocycles. The SMILES string of the molecule is COC(=O)N1Cc2nnc(C)n2C2(CCN(Cc3ccccc3F)CC2)C1. The molecule has 2 aliphatic heterocycles. The molecule has 1 spiro atoms. The van der Waals surface area contributed by atoms with Gasteiger partial charge in [-0.25, -0.2) is 9.18 Å². The molecule has 4 rings (SSSR count). The van der Waals surface area contributed by atoms with E-state index in [2.05, 4.69) is 19.7 Å². The number of nitrogens with zero attached hydrogens (tertiary/aromatic N) is 5. The largest absolute Gasteiger partial charge is 0.453 e. The highest BCUT2D eigenvalue weighted by atomic mass is 19.1. The van der Waals surface area contributed by atoms with Gasteiger partial charge in [0, 0.05) is 31.7 Å². The summed E-state index contributed by atoms with van der Waals surface area (Å²) >= 11 is 0. The van der Waals surface area contributed by atoms with Gasteiger partial charge in [-0.2, -0.15) is 0 Å². The van der Waals surface area contributed by atoms with Gasteiger partial charge in [0.2, 0.25) is 0 Å². The van der Waals surface area contributed by atoms with E-state index in [0.29, 0.717) is 19.6 Å². The van der Waals surface area contributed by atoms with Gasteiger partial charge in [-0.1, -0.05) is 18.2 Å². The van der Waals surface area contributed by atoms with Gasteiger partial charge in [-0.3, -0.25) is 9.80 Å². The highest BCUT2D eigenvalue weighted by molar-refractivity contribution is 5.67. The number of ether oxygens (including phenoxy) is 1. The van der Waals surface area contributed by atoms with Crippen LogP contribution in [0.3, 0.4) is 0 Å². The number of carbonyl (C=O) groups is 1. The van der Waals surface area contributed by atoms with Gasteiger partial charge in [-0.05, 0) is 25.8 Å². The zero-order valence-electron chi connectivity index (χ0n) is 15.7. The second-order valence-corrected chi connectivity index (χ2v) is 7.42. The molecule has 2 aromatic rings. The summed E-state index contributed by atoms with van der Waals surface area (Å²) < 4.78 is 21.1. The number of methoxy groups -OCH3 is 1. The number of rotatable bonds is 2. The Labute approximate surface area is 157 Å². The molecule has 0 unspecified atom stereocenters. The van der Waals surface area contributed by atoms with Crippen LogP contribution in [0.5, 0.6) is 0 Å². The second-order valence-electron chi connectivity index (χ2n) is 7.42. The van der Waals surface area contributed by atoms with Crippen LogP contribution >= 0.6 is 0 Å². The third kappa shape index (κ3) is 3.18. The van der Waals surface area contributed by atoms with Gasteiger partial charge in [0.1, 0.15) is 11.6 Å². The van der Waals surface area contributed by atoms with E-state index < -0.39 is 0 Å². The van der Waals surface area contributed by atoms with Crippen LogP contribution in [0.25, 0.3) is 0 Å². The van der Waals surface area contributed by atoms with Crippen LogP contribution in [-0.2, 0) is 23.4 Å². The van der Waals surface area contributed by atoms with Crippen molar-refractivity contribution in [2.24, 2.45) is 0 Å². The standard InChI is InChI=1S/C19H24FN5O2/c1-14-21-22-17-12-24(18(26)27-2)13-19(25(14)17)7-9-23(10-8-19)11-15-5-3-4-6-16(15)20/h3-6H,7-13H2,1-2H3. The molecule has 7 nitrogen and oxygen atoms in total. The average Bonchev–Trinajstić information content (AvgIpc) is 3.06. The molecule has 1 amide bonds. The maximum Gasteiger partial charge on any atom is 0.409 e. The molecule has 27 heavy (non-hydrogen) atoms. The van der Waals surface area contributed by atoms with Gasteiger partial charge in [0.05, 0.1) is 19.2 Å². The van der Waals surface area contributed by atoms with Crippen molar-refractivity contribution in [2.75, 3.05) is 26.7 Å². The Morgan fingerprint density at radius 2 is 2.00 bits per heavy atom. The average molecular weight is 373 g/mol. The Hall–Kier alpha value is -2.48. The van der Waals surface area contributed by atoms with Crippen molar-refractivity contribution < 1.29 is 13.9 Å². The number of likely N-dealkylation sites (tertiary alicyclic amines) is 1. The van der Waals surface area contributed by atoms with Crippen molar-refractivity contribution in [1.82, 2.24) is 24.6 Å². The number of amides is 1. The van der Waals surface area contributed by atoms with E-state index in [9.17, 15) is 9.18 Å². The van der Waals surface area contributed by atoms with E-state index in [1.54, 1.807) is 11.0 Å². The molecule has 1 aromatic heterocycles. The minimum atomic E-state index is -0.338. The normalized spacial score (nSPS) is 19.1. The summed E-state index contributed by atoms with van der Waals surface area (Å²) in [5.41, 5.74) is 0.482. The minimum Gasteiger partial charge on any atom is -0.453 e. The molecule has 0 saturated carbocycles. The Balaban J connectivity index is 1.54. The van der Waals surface area contributed by atoms with Gasteiger partial charge in [0.15, 0.2) is 5.82 Å². The topological polar surface area (TPSA) is 63.5 Å². The number of piperidine rings is 1. The zero-order valence-corrected chi connectivity index (χ0v) is 15.7. The Kier molecular flexibility index (Phi) is 4.59. The fourth-order valence-corrected chi connectivity index (χ4v) is 4.41. The van der Waals surface area contributed by atoms with E-state index in [4.69, 9.17) is 4.74 Å². The zero-order chi connectivity index (χ0) is 19.0. The number of fused-ring (bicyclic) bond motifs is 2. The lowest BCUT2D eigenvalue weighted by atomic mass is 9.84. The molecule has 8 heteroatoms. The second kappa shape index (κ2) is 6.92. The van der Waals surface area contributed by atoms with Crippen LogP contribution in [0.15, 0.2) is 24.3 Å². The number of halogens is 1. The van der Waals surface area contributed by atoms with Crippen LogP contribution in [0, 0.1) is 12.7 Å². The number of hydrogen-bond donors (Lipinski definition) is 0.